The number of hydrogen-bond acceptors (Lipinski definition) is 4. The van der Waals surface area contributed by atoms with Gasteiger partial charge in [-0.1, -0.05) is 0 Å². The number of halogens is 3. The van der Waals surface area contributed by atoms with Crippen LogP contribution in [0.15, 0.2) is 12.3 Å². The fourth-order valence-corrected chi connectivity index (χ4v) is 2.32. The fraction of sp³-hybridized carbons (Fsp3) is 0.429. The molecule has 2 aromatic heterocycles. The highest BCUT2D eigenvalue weighted by molar-refractivity contribution is 5.91. The molecule has 0 saturated heterocycles. The average Bonchev–Trinajstić information content (AvgIpc) is 2.96. The molecule has 0 atom stereocenters. The molecule has 0 saturated carbocycles. The minimum atomic E-state index is -4.40. The third kappa shape index (κ3) is 5.06. The number of aliphatic carboxylic acids is 1. The van der Waals surface area contributed by atoms with Gasteiger partial charge in [0.1, 0.15) is 13.1 Å². The Labute approximate surface area is 140 Å². The Hall–Kier alpha value is -2.85. The summed E-state index contributed by atoms with van der Waals surface area (Å²) in [5, 5.41) is 18.8. The minimum absolute atomic E-state index is 0.157. The first kappa shape index (κ1) is 18.5. The Morgan fingerprint density at radius 2 is 1.96 bits per heavy atom. The molecule has 2 heterocycles. The van der Waals surface area contributed by atoms with Crippen molar-refractivity contribution in [2.45, 2.75) is 39.5 Å². The molecule has 0 fully saturated rings. The number of carbonyl (C=O) groups is 2. The summed E-state index contributed by atoms with van der Waals surface area (Å²) < 4.78 is 39.5. The van der Waals surface area contributed by atoms with Crippen molar-refractivity contribution in [2.75, 3.05) is 5.32 Å². The van der Waals surface area contributed by atoms with Gasteiger partial charge >= 0.3 is 12.1 Å². The molecule has 0 spiro atoms. The molecule has 0 aliphatic rings. The Balaban J connectivity index is 2.05. The van der Waals surface area contributed by atoms with Crippen molar-refractivity contribution in [2.24, 2.45) is 0 Å². The monoisotopic (exact) mass is 359 g/mol. The molecule has 8 nitrogen and oxygen atoms in total. The Morgan fingerprint density at radius 1 is 1.28 bits per heavy atom. The van der Waals surface area contributed by atoms with Crippen LogP contribution in [0.5, 0.6) is 0 Å². The van der Waals surface area contributed by atoms with Crippen LogP contribution < -0.4 is 5.32 Å². The molecule has 0 bridgehead atoms. The van der Waals surface area contributed by atoms with Gasteiger partial charge in [-0.05, 0) is 13.8 Å². The van der Waals surface area contributed by atoms with E-state index in [-0.39, 0.29) is 24.5 Å². The SMILES string of the molecule is Cc1nn(CC(F)(F)F)c(C)c1CC(=O)Nc1ccn(CC(=O)O)n1. The predicted molar refractivity (Wildman–Crippen MR) is 80.0 cm³/mol. The molecule has 1 amide bonds. The van der Waals surface area contributed by atoms with Crippen molar-refractivity contribution >= 4 is 17.7 Å². The van der Waals surface area contributed by atoms with Gasteiger partial charge in [0.05, 0.1) is 12.1 Å². The molecule has 136 valence electrons. The molecule has 11 heteroatoms. The third-order valence-corrected chi connectivity index (χ3v) is 3.40. The Bertz CT molecular complexity index is 794. The minimum Gasteiger partial charge on any atom is -0.480 e. The number of carbonyl (C=O) groups excluding carboxylic acids is 1. The van der Waals surface area contributed by atoms with E-state index in [0.717, 1.165) is 9.36 Å². The van der Waals surface area contributed by atoms with Crippen LogP contribution in [0.4, 0.5) is 19.0 Å². The summed E-state index contributed by atoms with van der Waals surface area (Å²) in [5.41, 5.74) is 1.02. The second-order valence-electron chi connectivity index (χ2n) is 5.44. The highest BCUT2D eigenvalue weighted by Gasteiger charge is 2.30. The summed E-state index contributed by atoms with van der Waals surface area (Å²) in [6, 6.07) is 1.42. The van der Waals surface area contributed by atoms with Crippen LogP contribution in [0.25, 0.3) is 0 Å². The number of aromatic nitrogens is 4. The van der Waals surface area contributed by atoms with Crippen LogP contribution in [-0.4, -0.2) is 42.7 Å². The lowest BCUT2D eigenvalue weighted by Crippen LogP contribution is -2.20. The van der Waals surface area contributed by atoms with Crippen LogP contribution in [0.2, 0.25) is 0 Å². The fourth-order valence-electron chi connectivity index (χ4n) is 2.32. The number of alkyl halides is 3. The number of hydrogen-bond donors (Lipinski definition) is 2. The second kappa shape index (κ2) is 6.95. The predicted octanol–water partition coefficient (Wildman–Crippen LogP) is 1.52. The second-order valence-corrected chi connectivity index (χ2v) is 5.44. The molecule has 2 aromatic rings. The Kier molecular flexibility index (Phi) is 5.14. The van der Waals surface area contributed by atoms with E-state index in [1.807, 2.05) is 0 Å². The van der Waals surface area contributed by atoms with Crippen molar-refractivity contribution in [3.63, 3.8) is 0 Å². The van der Waals surface area contributed by atoms with Crippen LogP contribution in [-0.2, 0) is 29.1 Å². The number of carboxylic acids is 1. The third-order valence-electron chi connectivity index (χ3n) is 3.40. The summed E-state index contributed by atoms with van der Waals surface area (Å²) in [6.07, 6.45) is -3.18. The maximum Gasteiger partial charge on any atom is 0.408 e. The van der Waals surface area contributed by atoms with Gasteiger partial charge in [0.15, 0.2) is 5.82 Å². The van der Waals surface area contributed by atoms with Gasteiger partial charge < -0.3 is 10.4 Å². The number of rotatable bonds is 6. The maximum atomic E-state index is 12.5. The van der Waals surface area contributed by atoms with E-state index >= 15 is 0 Å². The zero-order valence-corrected chi connectivity index (χ0v) is 13.5. The van der Waals surface area contributed by atoms with Gasteiger partial charge in [-0.3, -0.25) is 19.0 Å². The highest BCUT2D eigenvalue weighted by Crippen LogP contribution is 2.21. The van der Waals surface area contributed by atoms with E-state index < -0.39 is 24.6 Å². The molecular weight excluding hydrogens is 343 g/mol. The summed E-state index contributed by atoms with van der Waals surface area (Å²) in [4.78, 5) is 22.7. The van der Waals surface area contributed by atoms with E-state index in [0.29, 0.717) is 11.3 Å². The van der Waals surface area contributed by atoms with Crippen molar-refractivity contribution in [1.82, 2.24) is 19.6 Å². The van der Waals surface area contributed by atoms with E-state index in [4.69, 9.17) is 5.11 Å². The summed E-state index contributed by atoms with van der Waals surface area (Å²) in [7, 11) is 0. The number of nitrogens with zero attached hydrogens (tertiary/aromatic N) is 4. The zero-order valence-electron chi connectivity index (χ0n) is 13.5. The average molecular weight is 359 g/mol. The maximum absolute atomic E-state index is 12.5. The molecule has 2 N–H and O–H groups in total. The zero-order chi connectivity index (χ0) is 18.8. The molecule has 0 unspecified atom stereocenters. The molecule has 2 rings (SSSR count). The number of aryl methyl sites for hydroxylation is 1. The van der Waals surface area contributed by atoms with E-state index in [9.17, 15) is 22.8 Å². The number of nitrogens with one attached hydrogen (secondary N) is 1. The lowest BCUT2D eigenvalue weighted by atomic mass is 10.1. The normalized spacial score (nSPS) is 11.6. The van der Waals surface area contributed by atoms with Gasteiger partial charge in [0.2, 0.25) is 5.91 Å². The van der Waals surface area contributed by atoms with Gasteiger partial charge in [-0.2, -0.15) is 23.4 Å². The molecular formula is C14H16F3N5O3. The number of anilines is 1. The van der Waals surface area contributed by atoms with Crippen LogP contribution >= 0.6 is 0 Å². The lowest BCUT2D eigenvalue weighted by Gasteiger charge is -2.08. The van der Waals surface area contributed by atoms with Crippen LogP contribution in [0.1, 0.15) is 17.0 Å². The van der Waals surface area contributed by atoms with E-state index in [2.05, 4.69) is 15.5 Å². The molecule has 0 aliphatic carbocycles. The summed E-state index contributed by atoms with van der Waals surface area (Å²) in [5.74, 6) is -1.41. The first-order valence-electron chi connectivity index (χ1n) is 7.20. The van der Waals surface area contributed by atoms with Gasteiger partial charge in [-0.25, -0.2) is 0 Å². The smallest absolute Gasteiger partial charge is 0.408 e. The topological polar surface area (TPSA) is 102 Å². The van der Waals surface area contributed by atoms with E-state index in [1.165, 1.54) is 26.1 Å². The number of amides is 1. The molecule has 25 heavy (non-hydrogen) atoms. The first-order chi connectivity index (χ1) is 11.5. The Morgan fingerprint density at radius 3 is 2.56 bits per heavy atom. The largest absolute Gasteiger partial charge is 0.480 e. The van der Waals surface area contributed by atoms with Gasteiger partial charge in [0.25, 0.3) is 0 Å². The molecule has 0 aliphatic heterocycles. The van der Waals surface area contributed by atoms with Gasteiger partial charge in [-0.15, -0.1) is 0 Å². The first-order valence-corrected chi connectivity index (χ1v) is 7.20. The van der Waals surface area contributed by atoms with E-state index in [1.54, 1.807) is 0 Å². The van der Waals surface area contributed by atoms with Crippen molar-refractivity contribution in [1.29, 1.82) is 0 Å². The van der Waals surface area contributed by atoms with Crippen molar-refractivity contribution in [3.05, 3.63) is 29.2 Å². The van der Waals surface area contributed by atoms with Crippen LogP contribution in [0.3, 0.4) is 0 Å². The number of carboxylic acid groups (broad SMARTS) is 1. The van der Waals surface area contributed by atoms with Crippen molar-refractivity contribution < 1.29 is 27.9 Å². The van der Waals surface area contributed by atoms with Crippen LogP contribution in [0, 0.1) is 13.8 Å². The summed E-state index contributed by atoms with van der Waals surface area (Å²) >= 11 is 0. The van der Waals surface area contributed by atoms with Gasteiger partial charge in [0, 0.05) is 23.5 Å². The lowest BCUT2D eigenvalue weighted by molar-refractivity contribution is -0.143. The van der Waals surface area contributed by atoms with Crippen molar-refractivity contribution in [3.8, 4) is 0 Å². The summed E-state index contributed by atoms with van der Waals surface area (Å²) in [6.45, 7) is 1.43. The quantitative estimate of drug-likeness (QED) is 0.814. The molecule has 0 aromatic carbocycles. The highest BCUT2D eigenvalue weighted by atomic mass is 19.4. The molecule has 0 radical (unpaired) electrons. The standard InChI is InChI=1S/C14H16F3N5O3/c1-8-10(9(2)22(19-8)7-14(15,16)17)5-12(23)18-11-3-4-21(20-11)6-13(24)25/h3-4H,5-7H2,1-2H3,(H,24,25)(H,18,20,23).